The second-order valence-corrected chi connectivity index (χ2v) is 5.89. The van der Waals surface area contributed by atoms with Gasteiger partial charge in [0.2, 0.25) is 0 Å². The van der Waals surface area contributed by atoms with Crippen molar-refractivity contribution >= 4 is 5.82 Å². The summed E-state index contributed by atoms with van der Waals surface area (Å²) < 4.78 is 1.99. The number of anilines is 1. The highest BCUT2D eigenvalue weighted by atomic mass is 15.1. The van der Waals surface area contributed by atoms with Crippen LogP contribution in [0.1, 0.15) is 31.9 Å². The lowest BCUT2D eigenvalue weighted by Gasteiger charge is -2.20. The molecule has 0 aliphatic carbocycles. The molecular weight excluding hydrogens is 236 g/mol. The van der Waals surface area contributed by atoms with Crippen molar-refractivity contribution in [3.05, 3.63) is 47.9 Å². The molecule has 4 heteroatoms. The van der Waals surface area contributed by atoms with Crippen LogP contribution in [0.15, 0.2) is 36.8 Å². The van der Waals surface area contributed by atoms with Gasteiger partial charge in [0.15, 0.2) is 0 Å². The maximum absolute atomic E-state index is 5.62. The first-order chi connectivity index (χ1) is 8.92. The second kappa shape index (κ2) is 5.45. The van der Waals surface area contributed by atoms with E-state index in [-0.39, 0.29) is 5.54 Å². The quantitative estimate of drug-likeness (QED) is 0.885. The summed E-state index contributed by atoms with van der Waals surface area (Å²) in [6.45, 7) is 8.19. The number of nitrogen functional groups attached to an aromatic ring is 1. The Hall–Kier alpha value is -1.81. The molecule has 1 aromatic carbocycles. The molecule has 102 valence electrons. The lowest BCUT2D eigenvalue weighted by molar-refractivity contribution is 0.424. The first-order valence-corrected chi connectivity index (χ1v) is 6.52. The average Bonchev–Trinajstić information content (AvgIpc) is 2.72. The standard InChI is InChI=1S/C15H22N4/c1-15(2,3)18-8-12-5-4-6-13(7-12)9-19-10-14(16)17-11-19/h4-7,10-11,18H,8-9,16H2,1-3H3. The number of imidazole rings is 1. The van der Waals surface area contributed by atoms with Crippen LogP contribution < -0.4 is 11.1 Å². The summed E-state index contributed by atoms with van der Waals surface area (Å²) in [7, 11) is 0. The van der Waals surface area contributed by atoms with E-state index in [9.17, 15) is 0 Å². The van der Waals surface area contributed by atoms with Crippen molar-refractivity contribution < 1.29 is 0 Å². The number of hydrogen-bond acceptors (Lipinski definition) is 3. The molecule has 0 fully saturated rings. The number of nitrogens with one attached hydrogen (secondary N) is 1. The number of nitrogens with zero attached hydrogens (tertiary/aromatic N) is 2. The van der Waals surface area contributed by atoms with Crippen molar-refractivity contribution in [2.45, 2.75) is 39.4 Å². The molecule has 0 amide bonds. The Morgan fingerprint density at radius 1 is 1.26 bits per heavy atom. The molecule has 2 rings (SSSR count). The number of nitrogens with two attached hydrogens (primary N) is 1. The maximum Gasteiger partial charge on any atom is 0.141 e. The predicted octanol–water partition coefficient (Wildman–Crippen LogP) is 2.40. The molecular formula is C15H22N4. The fourth-order valence-corrected chi connectivity index (χ4v) is 1.88. The van der Waals surface area contributed by atoms with Gasteiger partial charge >= 0.3 is 0 Å². The van der Waals surface area contributed by atoms with Gasteiger partial charge < -0.3 is 15.6 Å². The van der Waals surface area contributed by atoms with E-state index < -0.39 is 0 Å². The van der Waals surface area contributed by atoms with E-state index in [4.69, 9.17) is 5.73 Å². The normalized spacial score (nSPS) is 11.7. The van der Waals surface area contributed by atoms with Gasteiger partial charge in [-0.3, -0.25) is 0 Å². The van der Waals surface area contributed by atoms with Gasteiger partial charge in [0.05, 0.1) is 6.33 Å². The number of rotatable bonds is 4. The Morgan fingerprint density at radius 2 is 2.00 bits per heavy atom. The minimum atomic E-state index is 0.134. The predicted molar refractivity (Wildman–Crippen MR) is 78.8 cm³/mol. The van der Waals surface area contributed by atoms with Crippen molar-refractivity contribution in [1.29, 1.82) is 0 Å². The summed E-state index contributed by atoms with van der Waals surface area (Å²) in [5.74, 6) is 0.561. The number of aromatic nitrogens is 2. The highest BCUT2D eigenvalue weighted by Gasteiger charge is 2.08. The summed E-state index contributed by atoms with van der Waals surface area (Å²) in [6, 6.07) is 8.57. The molecule has 0 atom stereocenters. The third kappa shape index (κ3) is 4.41. The topological polar surface area (TPSA) is 55.9 Å². The fraction of sp³-hybridized carbons (Fsp3) is 0.400. The number of hydrogen-bond donors (Lipinski definition) is 2. The molecule has 19 heavy (non-hydrogen) atoms. The van der Waals surface area contributed by atoms with Crippen LogP contribution in [0.5, 0.6) is 0 Å². The molecule has 0 bridgehead atoms. The molecule has 3 N–H and O–H groups in total. The number of benzene rings is 1. The SMILES string of the molecule is CC(C)(C)NCc1cccc(Cn2cnc(N)c2)c1. The third-order valence-electron chi connectivity index (χ3n) is 2.83. The van der Waals surface area contributed by atoms with Crippen LogP contribution in [0.25, 0.3) is 0 Å². The Balaban J connectivity index is 2.02. The van der Waals surface area contributed by atoms with Crippen LogP contribution in [0, 0.1) is 0 Å². The Kier molecular flexibility index (Phi) is 3.90. The summed E-state index contributed by atoms with van der Waals surface area (Å²) in [5.41, 5.74) is 8.30. The van der Waals surface area contributed by atoms with E-state index in [0.717, 1.165) is 13.1 Å². The molecule has 0 saturated carbocycles. The molecule has 0 saturated heterocycles. The van der Waals surface area contributed by atoms with Gasteiger partial charge in [-0.1, -0.05) is 24.3 Å². The van der Waals surface area contributed by atoms with Crippen LogP contribution in [-0.4, -0.2) is 15.1 Å². The fourth-order valence-electron chi connectivity index (χ4n) is 1.88. The summed E-state index contributed by atoms with van der Waals surface area (Å²) in [6.07, 6.45) is 3.61. The molecule has 0 aliphatic rings. The van der Waals surface area contributed by atoms with Gasteiger partial charge in [0, 0.05) is 24.8 Å². The van der Waals surface area contributed by atoms with Crippen LogP contribution in [0.3, 0.4) is 0 Å². The van der Waals surface area contributed by atoms with E-state index in [1.807, 2.05) is 10.8 Å². The average molecular weight is 258 g/mol. The molecule has 2 aromatic rings. The summed E-state index contributed by atoms with van der Waals surface area (Å²) in [4.78, 5) is 4.03. The Bertz CT molecular complexity index is 537. The van der Waals surface area contributed by atoms with Gasteiger partial charge in [-0.25, -0.2) is 4.98 Å². The largest absolute Gasteiger partial charge is 0.382 e. The lowest BCUT2D eigenvalue weighted by atomic mass is 10.1. The maximum atomic E-state index is 5.62. The van der Waals surface area contributed by atoms with Crippen LogP contribution in [-0.2, 0) is 13.1 Å². The van der Waals surface area contributed by atoms with Gasteiger partial charge in [0.25, 0.3) is 0 Å². The second-order valence-electron chi connectivity index (χ2n) is 5.89. The minimum absolute atomic E-state index is 0.134. The Labute approximate surface area is 114 Å². The molecule has 0 unspecified atom stereocenters. The van der Waals surface area contributed by atoms with Crippen molar-refractivity contribution in [1.82, 2.24) is 14.9 Å². The summed E-state index contributed by atoms with van der Waals surface area (Å²) in [5, 5.41) is 3.49. The van der Waals surface area contributed by atoms with E-state index in [1.54, 1.807) is 6.33 Å². The first kappa shape index (κ1) is 13.6. The lowest BCUT2D eigenvalue weighted by Crippen LogP contribution is -2.35. The zero-order chi connectivity index (χ0) is 13.9. The molecule has 1 heterocycles. The first-order valence-electron chi connectivity index (χ1n) is 6.52. The Morgan fingerprint density at radius 3 is 2.63 bits per heavy atom. The van der Waals surface area contributed by atoms with E-state index in [1.165, 1.54) is 11.1 Å². The molecule has 1 aromatic heterocycles. The van der Waals surface area contributed by atoms with Gasteiger partial charge in [0.1, 0.15) is 5.82 Å². The molecule has 0 spiro atoms. The van der Waals surface area contributed by atoms with Gasteiger partial charge in [-0.2, -0.15) is 0 Å². The smallest absolute Gasteiger partial charge is 0.141 e. The third-order valence-corrected chi connectivity index (χ3v) is 2.83. The molecule has 0 aliphatic heterocycles. The van der Waals surface area contributed by atoms with Crippen LogP contribution in [0.2, 0.25) is 0 Å². The van der Waals surface area contributed by atoms with Crippen LogP contribution >= 0.6 is 0 Å². The van der Waals surface area contributed by atoms with E-state index >= 15 is 0 Å². The van der Waals surface area contributed by atoms with Gasteiger partial charge in [-0.15, -0.1) is 0 Å². The van der Waals surface area contributed by atoms with Crippen molar-refractivity contribution in [2.24, 2.45) is 0 Å². The van der Waals surface area contributed by atoms with Gasteiger partial charge in [-0.05, 0) is 31.9 Å². The summed E-state index contributed by atoms with van der Waals surface area (Å²) >= 11 is 0. The zero-order valence-corrected chi connectivity index (χ0v) is 11.9. The highest BCUT2D eigenvalue weighted by Crippen LogP contribution is 2.10. The van der Waals surface area contributed by atoms with Crippen molar-refractivity contribution in [3.8, 4) is 0 Å². The van der Waals surface area contributed by atoms with Crippen molar-refractivity contribution in [2.75, 3.05) is 5.73 Å². The zero-order valence-electron chi connectivity index (χ0n) is 11.9. The van der Waals surface area contributed by atoms with Crippen LogP contribution in [0.4, 0.5) is 5.82 Å². The van der Waals surface area contributed by atoms with Crippen molar-refractivity contribution in [3.63, 3.8) is 0 Å². The molecule has 0 radical (unpaired) electrons. The minimum Gasteiger partial charge on any atom is -0.382 e. The highest BCUT2D eigenvalue weighted by molar-refractivity contribution is 5.26. The van der Waals surface area contributed by atoms with E-state index in [2.05, 4.69) is 55.3 Å². The van der Waals surface area contributed by atoms with E-state index in [0.29, 0.717) is 5.82 Å². The monoisotopic (exact) mass is 258 g/mol. The molecule has 4 nitrogen and oxygen atoms in total.